The van der Waals surface area contributed by atoms with E-state index in [1.807, 2.05) is 0 Å². The molecule has 0 aliphatic heterocycles. The Kier molecular flexibility index (Phi) is 4.77. The zero-order chi connectivity index (χ0) is 6.41. The van der Waals surface area contributed by atoms with Crippen molar-refractivity contribution in [1.29, 1.82) is 5.26 Å². The van der Waals surface area contributed by atoms with Gasteiger partial charge in [0, 0.05) is 0 Å². The third-order valence-corrected chi connectivity index (χ3v) is 1.39. The third kappa shape index (κ3) is 5.77. The van der Waals surface area contributed by atoms with E-state index < -0.39 is 15.3 Å². The summed E-state index contributed by atoms with van der Waals surface area (Å²) in [7, 11) is 0. The van der Waals surface area contributed by atoms with Gasteiger partial charge in [-0.3, -0.25) is 0 Å². The standard InChI is InChI=1S/C3H6AsNO3/c5-2-1-3-8-4(6)7/h4H,1,3H2,(H,6,7). The van der Waals surface area contributed by atoms with Crippen LogP contribution in [0.25, 0.3) is 0 Å². The second-order valence-corrected chi connectivity index (χ2v) is 2.74. The number of rotatable bonds is 3. The van der Waals surface area contributed by atoms with Crippen molar-refractivity contribution < 1.29 is 11.6 Å². The number of nitrogens with zero attached hydrogens (tertiary/aromatic N) is 1. The van der Waals surface area contributed by atoms with Crippen molar-refractivity contribution in [2.75, 3.05) is 6.61 Å². The van der Waals surface area contributed by atoms with Crippen LogP contribution in [-0.2, 0) is 7.47 Å². The van der Waals surface area contributed by atoms with Crippen molar-refractivity contribution in [2.24, 2.45) is 0 Å². The molecule has 0 saturated carbocycles. The molecule has 8 heavy (non-hydrogen) atoms. The normalized spacial score (nSPS) is 12.5. The van der Waals surface area contributed by atoms with Gasteiger partial charge < -0.3 is 0 Å². The van der Waals surface area contributed by atoms with E-state index in [0.29, 0.717) is 0 Å². The van der Waals surface area contributed by atoms with E-state index in [1.165, 1.54) is 0 Å². The van der Waals surface area contributed by atoms with Crippen LogP contribution >= 0.6 is 0 Å². The van der Waals surface area contributed by atoms with Gasteiger partial charge in [-0.25, -0.2) is 0 Å². The van der Waals surface area contributed by atoms with Gasteiger partial charge in [0.05, 0.1) is 0 Å². The fourth-order valence-corrected chi connectivity index (χ4v) is 0.764. The molecule has 0 aromatic rings. The van der Waals surface area contributed by atoms with Gasteiger partial charge in [0.2, 0.25) is 0 Å². The van der Waals surface area contributed by atoms with E-state index in [0.717, 1.165) is 0 Å². The van der Waals surface area contributed by atoms with Crippen LogP contribution in [0.5, 0.6) is 0 Å². The molecule has 1 N–H and O–H groups in total. The summed E-state index contributed by atoms with van der Waals surface area (Å²) in [5.74, 6) is 0. The van der Waals surface area contributed by atoms with Crippen molar-refractivity contribution in [1.82, 2.24) is 0 Å². The van der Waals surface area contributed by atoms with Gasteiger partial charge in [-0.15, -0.1) is 0 Å². The monoisotopic (exact) mass is 179 g/mol. The van der Waals surface area contributed by atoms with Crippen molar-refractivity contribution in [2.45, 2.75) is 6.42 Å². The molecule has 0 aliphatic rings. The molecule has 0 radical (unpaired) electrons. The molecule has 0 saturated heterocycles. The Morgan fingerprint density at radius 3 is 2.88 bits per heavy atom. The summed E-state index contributed by atoms with van der Waals surface area (Å²) in [6.45, 7) is 0.0752. The predicted molar refractivity (Wildman–Crippen MR) is 26.2 cm³/mol. The van der Waals surface area contributed by atoms with E-state index in [9.17, 15) is 3.74 Å². The van der Waals surface area contributed by atoms with E-state index in [2.05, 4.69) is 3.73 Å². The second kappa shape index (κ2) is 4.92. The van der Waals surface area contributed by atoms with Crippen LogP contribution in [0.2, 0.25) is 0 Å². The van der Waals surface area contributed by atoms with E-state index in [4.69, 9.17) is 9.36 Å². The van der Waals surface area contributed by atoms with Crippen LogP contribution in [0.3, 0.4) is 0 Å². The molecule has 0 amide bonds. The third-order valence-electron chi connectivity index (χ3n) is 0.439. The Bertz CT molecular complexity index is 118. The molecule has 0 rings (SSSR count). The summed E-state index contributed by atoms with van der Waals surface area (Å²) in [4.78, 5) is 0. The van der Waals surface area contributed by atoms with Crippen molar-refractivity contribution in [3.63, 3.8) is 0 Å². The molecule has 0 spiro atoms. The van der Waals surface area contributed by atoms with Crippen molar-refractivity contribution >= 4 is 15.3 Å². The summed E-state index contributed by atoms with van der Waals surface area (Å²) in [5.41, 5.74) is 0. The average molecular weight is 179 g/mol. The van der Waals surface area contributed by atoms with Crippen LogP contribution in [0.1, 0.15) is 6.42 Å². The van der Waals surface area contributed by atoms with E-state index >= 15 is 0 Å². The fraction of sp³-hybridized carbons (Fsp3) is 0.667. The molecule has 0 aromatic heterocycles. The first-order valence-electron chi connectivity index (χ1n) is 2.00. The molecule has 0 aromatic carbocycles. The van der Waals surface area contributed by atoms with Crippen molar-refractivity contribution in [3.05, 3.63) is 0 Å². The maximum absolute atomic E-state index is 9.79. The van der Waals surface area contributed by atoms with Crippen LogP contribution in [0.15, 0.2) is 0 Å². The van der Waals surface area contributed by atoms with Gasteiger partial charge in [0.15, 0.2) is 0 Å². The average Bonchev–Trinajstić information content (AvgIpc) is 1.66. The van der Waals surface area contributed by atoms with E-state index in [-0.39, 0.29) is 13.0 Å². The van der Waals surface area contributed by atoms with Gasteiger partial charge in [-0.1, -0.05) is 0 Å². The van der Waals surface area contributed by atoms with Gasteiger partial charge in [-0.2, -0.15) is 0 Å². The minimum atomic E-state index is -3.32. The molecular weight excluding hydrogens is 173 g/mol. The van der Waals surface area contributed by atoms with Gasteiger partial charge >= 0.3 is 51.2 Å². The molecule has 1 atom stereocenters. The molecule has 0 fully saturated rings. The Labute approximate surface area is 51.9 Å². The summed E-state index contributed by atoms with van der Waals surface area (Å²) in [5, 5.41) is 7.88. The molecular formula is C3H6AsNO3. The first kappa shape index (κ1) is 7.77. The Morgan fingerprint density at radius 1 is 1.88 bits per heavy atom. The summed E-state index contributed by atoms with van der Waals surface area (Å²) in [6.07, 6.45) is 0.180. The Hall–Kier alpha value is -0.232. The first-order chi connectivity index (χ1) is 3.77. The Morgan fingerprint density at radius 2 is 2.50 bits per heavy atom. The van der Waals surface area contributed by atoms with Crippen LogP contribution in [-0.4, -0.2) is 26.0 Å². The van der Waals surface area contributed by atoms with Crippen molar-refractivity contribution in [3.8, 4) is 6.07 Å². The van der Waals surface area contributed by atoms with Gasteiger partial charge in [0.25, 0.3) is 0 Å². The van der Waals surface area contributed by atoms with Crippen LogP contribution in [0.4, 0.5) is 0 Å². The predicted octanol–water partition coefficient (Wildman–Crippen LogP) is -0.943. The number of hydrogen-bond donors (Lipinski definition) is 1. The molecule has 0 aliphatic carbocycles. The first-order valence-corrected chi connectivity index (χ1v) is 4.65. The van der Waals surface area contributed by atoms with Gasteiger partial charge in [0.1, 0.15) is 0 Å². The summed E-state index contributed by atoms with van der Waals surface area (Å²) < 4.78 is 22.1. The molecule has 46 valence electrons. The quantitative estimate of drug-likeness (QED) is 0.448. The maximum atomic E-state index is 9.79. The molecule has 5 heteroatoms. The summed E-state index contributed by atoms with van der Waals surface area (Å²) >= 11 is -3.32. The minimum absolute atomic E-state index is 0.0752. The topological polar surface area (TPSA) is 70.3 Å². The SMILES string of the molecule is N#CCCO[AsH](=O)O. The summed E-state index contributed by atoms with van der Waals surface area (Å²) in [6, 6.07) is 1.77. The number of nitriles is 1. The van der Waals surface area contributed by atoms with Gasteiger partial charge in [-0.05, 0) is 0 Å². The molecule has 4 nitrogen and oxygen atoms in total. The van der Waals surface area contributed by atoms with E-state index in [1.54, 1.807) is 6.07 Å². The zero-order valence-corrected chi connectivity index (χ0v) is 6.22. The molecule has 0 bridgehead atoms. The Balaban J connectivity index is 2.97. The number of hydrogen-bond acceptors (Lipinski definition) is 3. The molecule has 0 heterocycles. The molecule has 1 unspecified atom stereocenters. The second-order valence-electron chi connectivity index (χ2n) is 1.02. The van der Waals surface area contributed by atoms with Crippen LogP contribution < -0.4 is 0 Å². The fourth-order valence-electron chi connectivity index (χ4n) is 0.184. The zero-order valence-electron chi connectivity index (χ0n) is 4.13. The van der Waals surface area contributed by atoms with Crippen LogP contribution in [0, 0.1) is 11.3 Å².